The maximum Gasteiger partial charge on any atom is 0.265 e. The summed E-state index contributed by atoms with van der Waals surface area (Å²) in [6, 6.07) is 14.9. The lowest BCUT2D eigenvalue weighted by atomic mass is 10.1. The van der Waals surface area contributed by atoms with Gasteiger partial charge in [0.2, 0.25) is 0 Å². The van der Waals surface area contributed by atoms with E-state index in [1.54, 1.807) is 31.2 Å². The fraction of sp³-hybridized carbons (Fsp3) is 0.409. The Morgan fingerprint density at radius 3 is 2.64 bits per heavy atom. The fourth-order valence-electron chi connectivity index (χ4n) is 3.47. The number of carbonyl (C=O) groups excluding carboxylic acids is 1. The van der Waals surface area contributed by atoms with Gasteiger partial charge in [0, 0.05) is 30.3 Å². The molecule has 1 fully saturated rings. The van der Waals surface area contributed by atoms with E-state index in [1.807, 2.05) is 24.3 Å². The zero-order chi connectivity index (χ0) is 20.1. The van der Waals surface area contributed by atoms with Crippen molar-refractivity contribution in [1.82, 2.24) is 4.90 Å². The van der Waals surface area contributed by atoms with Crippen molar-refractivity contribution in [1.29, 1.82) is 0 Å². The third-order valence-electron chi connectivity index (χ3n) is 4.64. The van der Waals surface area contributed by atoms with Gasteiger partial charge in [-0.25, -0.2) is 0 Å². The first-order valence-corrected chi connectivity index (χ1v) is 9.97. The average molecular weight is 403 g/mol. The zero-order valence-corrected chi connectivity index (χ0v) is 17.3. The van der Waals surface area contributed by atoms with Crippen LogP contribution in [0.4, 0.5) is 5.69 Å². The lowest BCUT2D eigenvalue weighted by Gasteiger charge is -2.35. The molecular formula is C22H27ClN2O3. The van der Waals surface area contributed by atoms with E-state index in [2.05, 4.69) is 24.1 Å². The van der Waals surface area contributed by atoms with Crippen molar-refractivity contribution >= 4 is 23.2 Å². The molecule has 3 atom stereocenters. The van der Waals surface area contributed by atoms with Crippen LogP contribution in [-0.2, 0) is 16.1 Å². The van der Waals surface area contributed by atoms with Crippen LogP contribution in [0.15, 0.2) is 48.5 Å². The molecule has 1 N–H and O–H groups in total. The minimum Gasteiger partial charge on any atom is -0.481 e. The summed E-state index contributed by atoms with van der Waals surface area (Å²) in [7, 11) is 0. The van der Waals surface area contributed by atoms with Crippen LogP contribution in [0.2, 0.25) is 5.02 Å². The molecule has 3 unspecified atom stereocenters. The number of anilines is 1. The van der Waals surface area contributed by atoms with Gasteiger partial charge >= 0.3 is 0 Å². The fourth-order valence-corrected chi connectivity index (χ4v) is 3.65. The second kappa shape index (κ2) is 9.41. The lowest BCUT2D eigenvalue weighted by molar-refractivity contribution is -0.122. The number of benzene rings is 2. The first kappa shape index (κ1) is 20.6. The van der Waals surface area contributed by atoms with E-state index in [0.29, 0.717) is 10.8 Å². The number of nitrogens with zero attached hydrogens (tertiary/aromatic N) is 1. The number of nitrogens with one attached hydrogen (secondary N) is 1. The third-order valence-corrected chi connectivity index (χ3v) is 4.88. The third kappa shape index (κ3) is 5.71. The molecule has 1 heterocycles. The molecule has 0 bridgehead atoms. The van der Waals surface area contributed by atoms with Crippen LogP contribution in [0.3, 0.4) is 0 Å². The number of ether oxygens (including phenoxy) is 2. The van der Waals surface area contributed by atoms with Gasteiger partial charge in [-0.3, -0.25) is 9.69 Å². The number of morpholine rings is 1. The van der Waals surface area contributed by atoms with Gasteiger partial charge in [0.1, 0.15) is 5.75 Å². The van der Waals surface area contributed by atoms with Crippen molar-refractivity contribution in [3.05, 3.63) is 59.1 Å². The lowest BCUT2D eigenvalue weighted by Crippen LogP contribution is -2.45. The molecule has 0 aromatic heterocycles. The van der Waals surface area contributed by atoms with E-state index < -0.39 is 6.10 Å². The summed E-state index contributed by atoms with van der Waals surface area (Å²) in [5, 5.41) is 3.58. The van der Waals surface area contributed by atoms with Gasteiger partial charge in [0.05, 0.1) is 12.2 Å². The molecule has 0 aliphatic carbocycles. The second-order valence-corrected chi connectivity index (χ2v) is 7.75. The van der Waals surface area contributed by atoms with Crippen molar-refractivity contribution < 1.29 is 14.3 Å². The highest BCUT2D eigenvalue weighted by Gasteiger charge is 2.23. The van der Waals surface area contributed by atoms with Gasteiger partial charge in [0.15, 0.2) is 6.10 Å². The Hall–Kier alpha value is -2.08. The standard InChI is InChI=1S/C22H27ClN2O3/c1-15-12-25(13-16(2)27-15)14-18-7-4-5-10-21(18)24-22(26)17(3)28-20-9-6-8-19(23)11-20/h4-11,15-17H,12-14H2,1-3H3,(H,24,26). The SMILES string of the molecule is CC1CN(Cc2ccccc2NC(=O)C(C)Oc2cccc(Cl)c2)CC(C)O1. The highest BCUT2D eigenvalue weighted by Crippen LogP contribution is 2.22. The molecule has 2 aromatic carbocycles. The molecular weight excluding hydrogens is 376 g/mol. The molecule has 5 nitrogen and oxygen atoms in total. The summed E-state index contributed by atoms with van der Waals surface area (Å²) >= 11 is 5.98. The Bertz CT molecular complexity index is 804. The normalized spacial score (nSPS) is 21.1. The Morgan fingerprint density at radius 2 is 1.93 bits per heavy atom. The summed E-state index contributed by atoms with van der Waals surface area (Å²) in [5.41, 5.74) is 1.88. The molecule has 1 aliphatic rings. The number of hydrogen-bond donors (Lipinski definition) is 1. The molecule has 1 aliphatic heterocycles. The van der Waals surface area contributed by atoms with Crippen LogP contribution in [0.25, 0.3) is 0 Å². The van der Waals surface area contributed by atoms with Crippen LogP contribution in [0.5, 0.6) is 5.75 Å². The Kier molecular flexibility index (Phi) is 6.94. The zero-order valence-electron chi connectivity index (χ0n) is 16.5. The van der Waals surface area contributed by atoms with Crippen molar-refractivity contribution in [2.75, 3.05) is 18.4 Å². The first-order chi connectivity index (χ1) is 13.4. The van der Waals surface area contributed by atoms with Gasteiger partial charge in [0.25, 0.3) is 5.91 Å². The van der Waals surface area contributed by atoms with E-state index in [-0.39, 0.29) is 18.1 Å². The van der Waals surface area contributed by atoms with Gasteiger partial charge in [-0.2, -0.15) is 0 Å². The number of hydrogen-bond acceptors (Lipinski definition) is 4. The summed E-state index contributed by atoms with van der Waals surface area (Å²) in [4.78, 5) is 15.0. The van der Waals surface area contributed by atoms with Crippen molar-refractivity contribution in [3.63, 3.8) is 0 Å². The number of para-hydroxylation sites is 1. The highest BCUT2D eigenvalue weighted by molar-refractivity contribution is 6.30. The van der Waals surface area contributed by atoms with Gasteiger partial charge < -0.3 is 14.8 Å². The first-order valence-electron chi connectivity index (χ1n) is 9.59. The molecule has 3 rings (SSSR count). The number of carbonyl (C=O) groups is 1. The molecule has 0 spiro atoms. The van der Waals surface area contributed by atoms with Crippen LogP contribution in [0.1, 0.15) is 26.3 Å². The molecule has 1 saturated heterocycles. The quantitative estimate of drug-likeness (QED) is 0.780. The van der Waals surface area contributed by atoms with Crippen molar-refractivity contribution in [2.24, 2.45) is 0 Å². The second-order valence-electron chi connectivity index (χ2n) is 7.32. The Balaban J connectivity index is 1.64. The number of rotatable bonds is 6. The highest BCUT2D eigenvalue weighted by atomic mass is 35.5. The summed E-state index contributed by atoms with van der Waals surface area (Å²) < 4.78 is 11.5. The molecule has 28 heavy (non-hydrogen) atoms. The monoisotopic (exact) mass is 402 g/mol. The maximum absolute atomic E-state index is 12.6. The Morgan fingerprint density at radius 1 is 1.21 bits per heavy atom. The predicted octanol–water partition coefficient (Wildman–Crippen LogP) is 4.36. The molecule has 0 saturated carbocycles. The van der Waals surface area contributed by atoms with Gasteiger partial charge in [-0.15, -0.1) is 0 Å². The van der Waals surface area contributed by atoms with E-state index >= 15 is 0 Å². The minimum absolute atomic E-state index is 0.198. The molecule has 6 heteroatoms. The van der Waals surface area contributed by atoms with Crippen LogP contribution in [0, 0.1) is 0 Å². The molecule has 1 amide bonds. The van der Waals surface area contributed by atoms with E-state index in [1.165, 1.54) is 0 Å². The van der Waals surface area contributed by atoms with E-state index in [0.717, 1.165) is 30.9 Å². The summed E-state index contributed by atoms with van der Waals surface area (Å²) in [6.45, 7) is 8.42. The molecule has 0 radical (unpaired) electrons. The number of amides is 1. The largest absolute Gasteiger partial charge is 0.481 e. The van der Waals surface area contributed by atoms with Gasteiger partial charge in [-0.05, 0) is 50.6 Å². The molecule has 2 aromatic rings. The summed E-state index contributed by atoms with van der Waals surface area (Å²) in [6.07, 6.45) is -0.233. The van der Waals surface area contributed by atoms with E-state index in [4.69, 9.17) is 21.1 Å². The topological polar surface area (TPSA) is 50.8 Å². The van der Waals surface area contributed by atoms with E-state index in [9.17, 15) is 4.79 Å². The van der Waals surface area contributed by atoms with Crippen LogP contribution in [-0.4, -0.2) is 42.2 Å². The van der Waals surface area contributed by atoms with Gasteiger partial charge in [-0.1, -0.05) is 35.9 Å². The predicted molar refractivity (Wildman–Crippen MR) is 112 cm³/mol. The van der Waals surface area contributed by atoms with Crippen molar-refractivity contribution in [2.45, 2.75) is 45.6 Å². The summed E-state index contributed by atoms with van der Waals surface area (Å²) in [5.74, 6) is 0.371. The Labute approximate surface area is 171 Å². The molecule has 150 valence electrons. The minimum atomic E-state index is -0.644. The smallest absolute Gasteiger partial charge is 0.265 e. The average Bonchev–Trinajstić information content (AvgIpc) is 2.62. The van der Waals surface area contributed by atoms with Crippen molar-refractivity contribution in [3.8, 4) is 5.75 Å². The van der Waals surface area contributed by atoms with Crippen LogP contribution < -0.4 is 10.1 Å². The van der Waals surface area contributed by atoms with Crippen LogP contribution >= 0.6 is 11.6 Å². The number of halogens is 1. The maximum atomic E-state index is 12.6.